The van der Waals surface area contributed by atoms with Crippen molar-refractivity contribution < 1.29 is 14.7 Å². The third-order valence-electron chi connectivity index (χ3n) is 4.32. The van der Waals surface area contributed by atoms with Gasteiger partial charge in [-0.05, 0) is 11.1 Å². The number of carboxylic acids is 1. The lowest BCUT2D eigenvalue weighted by molar-refractivity contribution is -0.151. The van der Waals surface area contributed by atoms with E-state index in [2.05, 4.69) is 4.98 Å². The Bertz CT molecular complexity index is 930. The van der Waals surface area contributed by atoms with Crippen LogP contribution in [0.4, 0.5) is 0 Å². The molecule has 0 saturated heterocycles. The number of amides is 1. The SMILES string of the molecule is O=C(O)C1Cc2ccccc2CN1C(=O)CCn1ccc(=O)[nH]c1=O. The summed E-state index contributed by atoms with van der Waals surface area (Å²) in [5.74, 6) is -1.40. The number of aromatic amines is 1. The van der Waals surface area contributed by atoms with E-state index >= 15 is 0 Å². The number of aliphatic carboxylic acids is 1. The van der Waals surface area contributed by atoms with E-state index in [9.17, 15) is 24.3 Å². The van der Waals surface area contributed by atoms with E-state index in [4.69, 9.17) is 0 Å². The van der Waals surface area contributed by atoms with Gasteiger partial charge in [0.25, 0.3) is 5.56 Å². The number of aryl methyl sites for hydroxylation is 1. The number of rotatable bonds is 4. The molecule has 2 aromatic rings. The molecule has 1 aromatic carbocycles. The zero-order chi connectivity index (χ0) is 18.0. The highest BCUT2D eigenvalue weighted by atomic mass is 16.4. The van der Waals surface area contributed by atoms with Gasteiger partial charge in [0.05, 0.1) is 0 Å². The van der Waals surface area contributed by atoms with Gasteiger partial charge < -0.3 is 14.6 Å². The summed E-state index contributed by atoms with van der Waals surface area (Å²) in [7, 11) is 0. The first-order valence-electron chi connectivity index (χ1n) is 7.84. The predicted octanol–water partition coefficient (Wildman–Crippen LogP) is -0.0352. The summed E-state index contributed by atoms with van der Waals surface area (Å²) in [5.41, 5.74) is 0.746. The quantitative estimate of drug-likeness (QED) is 0.809. The Kier molecular flexibility index (Phi) is 4.51. The maximum absolute atomic E-state index is 12.5. The second-order valence-corrected chi connectivity index (χ2v) is 5.90. The van der Waals surface area contributed by atoms with Gasteiger partial charge in [0.15, 0.2) is 0 Å². The van der Waals surface area contributed by atoms with Crippen molar-refractivity contribution in [3.8, 4) is 0 Å². The molecule has 0 aliphatic carbocycles. The minimum Gasteiger partial charge on any atom is -0.480 e. The van der Waals surface area contributed by atoms with Gasteiger partial charge in [-0.2, -0.15) is 0 Å². The molecule has 1 aliphatic rings. The smallest absolute Gasteiger partial charge is 0.328 e. The Morgan fingerprint density at radius 2 is 1.88 bits per heavy atom. The third kappa shape index (κ3) is 3.52. The molecule has 0 bridgehead atoms. The number of aromatic nitrogens is 2. The lowest BCUT2D eigenvalue weighted by Gasteiger charge is -2.34. The van der Waals surface area contributed by atoms with Crippen molar-refractivity contribution >= 4 is 11.9 Å². The molecule has 0 spiro atoms. The van der Waals surface area contributed by atoms with Crippen LogP contribution >= 0.6 is 0 Å². The van der Waals surface area contributed by atoms with Crippen LogP contribution < -0.4 is 11.2 Å². The van der Waals surface area contributed by atoms with Crippen LogP contribution in [-0.2, 0) is 29.1 Å². The van der Waals surface area contributed by atoms with E-state index in [1.807, 2.05) is 24.3 Å². The van der Waals surface area contributed by atoms with Crippen LogP contribution in [-0.4, -0.2) is 37.5 Å². The van der Waals surface area contributed by atoms with Crippen molar-refractivity contribution in [3.05, 3.63) is 68.5 Å². The van der Waals surface area contributed by atoms with Crippen LogP contribution in [0.2, 0.25) is 0 Å². The van der Waals surface area contributed by atoms with Crippen LogP contribution in [0.25, 0.3) is 0 Å². The molecular weight excluding hydrogens is 326 g/mol. The van der Waals surface area contributed by atoms with Crippen molar-refractivity contribution in [2.75, 3.05) is 0 Å². The Balaban J connectivity index is 1.76. The minimum absolute atomic E-state index is 0.0299. The van der Waals surface area contributed by atoms with Crippen molar-refractivity contribution in [3.63, 3.8) is 0 Å². The maximum atomic E-state index is 12.5. The van der Waals surface area contributed by atoms with Gasteiger partial charge >= 0.3 is 11.7 Å². The molecule has 25 heavy (non-hydrogen) atoms. The monoisotopic (exact) mass is 343 g/mol. The molecule has 2 N–H and O–H groups in total. The number of nitrogens with one attached hydrogen (secondary N) is 1. The first-order chi connectivity index (χ1) is 12.0. The fraction of sp³-hybridized carbons (Fsp3) is 0.294. The number of hydrogen-bond donors (Lipinski definition) is 2. The van der Waals surface area contributed by atoms with Gasteiger partial charge in [-0.25, -0.2) is 9.59 Å². The number of carbonyl (C=O) groups excluding carboxylic acids is 1. The van der Waals surface area contributed by atoms with E-state index in [0.717, 1.165) is 11.1 Å². The zero-order valence-electron chi connectivity index (χ0n) is 13.3. The highest BCUT2D eigenvalue weighted by Gasteiger charge is 2.34. The van der Waals surface area contributed by atoms with Gasteiger partial charge in [-0.15, -0.1) is 0 Å². The molecule has 0 radical (unpaired) electrons. The van der Waals surface area contributed by atoms with Crippen LogP contribution in [0.1, 0.15) is 17.5 Å². The summed E-state index contributed by atoms with van der Waals surface area (Å²) in [6.07, 6.45) is 1.54. The summed E-state index contributed by atoms with van der Waals surface area (Å²) >= 11 is 0. The van der Waals surface area contributed by atoms with Crippen LogP contribution in [0.15, 0.2) is 46.1 Å². The molecule has 130 valence electrons. The standard InChI is InChI=1S/C17H17N3O5/c21-14-5-7-19(17(25)18-14)8-6-15(22)20-10-12-4-2-1-3-11(12)9-13(20)16(23)24/h1-5,7,13H,6,8-10H2,(H,23,24)(H,18,21,25). The molecule has 0 fully saturated rings. The lowest BCUT2D eigenvalue weighted by Crippen LogP contribution is -2.49. The van der Waals surface area contributed by atoms with Crippen molar-refractivity contribution in [1.82, 2.24) is 14.5 Å². The highest BCUT2D eigenvalue weighted by molar-refractivity contribution is 5.84. The van der Waals surface area contributed by atoms with E-state index < -0.39 is 23.3 Å². The van der Waals surface area contributed by atoms with E-state index in [1.54, 1.807) is 0 Å². The largest absolute Gasteiger partial charge is 0.480 e. The van der Waals surface area contributed by atoms with Crippen LogP contribution in [0.3, 0.4) is 0 Å². The molecule has 1 aromatic heterocycles. The van der Waals surface area contributed by atoms with E-state index in [-0.39, 0.29) is 31.8 Å². The first-order valence-corrected chi connectivity index (χ1v) is 7.84. The molecular formula is C17H17N3O5. The first kappa shape index (κ1) is 16.7. The normalized spacial score (nSPS) is 16.3. The zero-order valence-corrected chi connectivity index (χ0v) is 13.3. The summed E-state index contributed by atoms with van der Waals surface area (Å²) in [4.78, 5) is 50.3. The average molecular weight is 343 g/mol. The fourth-order valence-electron chi connectivity index (χ4n) is 2.99. The number of hydrogen-bond acceptors (Lipinski definition) is 4. The van der Waals surface area contributed by atoms with Crippen molar-refractivity contribution in [1.29, 1.82) is 0 Å². The second kappa shape index (κ2) is 6.76. The Labute approximate surface area is 142 Å². The van der Waals surface area contributed by atoms with Crippen LogP contribution in [0.5, 0.6) is 0 Å². The van der Waals surface area contributed by atoms with Gasteiger partial charge in [-0.1, -0.05) is 24.3 Å². The summed E-state index contributed by atoms with van der Waals surface area (Å²) in [6, 6.07) is 7.71. The van der Waals surface area contributed by atoms with Crippen molar-refractivity contribution in [2.24, 2.45) is 0 Å². The lowest BCUT2D eigenvalue weighted by atomic mass is 9.93. The van der Waals surface area contributed by atoms with E-state index in [0.29, 0.717) is 0 Å². The molecule has 2 heterocycles. The number of nitrogens with zero attached hydrogens (tertiary/aromatic N) is 2. The summed E-state index contributed by atoms with van der Waals surface area (Å²) < 4.78 is 1.22. The number of carboxylic acid groups (broad SMARTS) is 1. The van der Waals surface area contributed by atoms with Crippen LogP contribution in [0, 0.1) is 0 Å². The third-order valence-corrected chi connectivity index (χ3v) is 4.32. The molecule has 1 amide bonds. The summed E-state index contributed by atoms with van der Waals surface area (Å²) in [6.45, 7) is 0.297. The molecule has 3 rings (SSSR count). The number of benzene rings is 1. The molecule has 1 aliphatic heterocycles. The minimum atomic E-state index is -1.05. The van der Waals surface area contributed by atoms with Gasteiger partial charge in [-0.3, -0.25) is 14.6 Å². The number of H-pyrrole nitrogens is 1. The molecule has 1 atom stereocenters. The Morgan fingerprint density at radius 3 is 2.56 bits per heavy atom. The summed E-state index contributed by atoms with van der Waals surface area (Å²) in [5, 5.41) is 9.45. The Morgan fingerprint density at radius 1 is 1.16 bits per heavy atom. The second-order valence-electron chi connectivity index (χ2n) is 5.90. The number of fused-ring (bicyclic) bond motifs is 1. The molecule has 8 nitrogen and oxygen atoms in total. The average Bonchev–Trinajstić information content (AvgIpc) is 2.59. The van der Waals surface area contributed by atoms with Crippen molar-refractivity contribution in [2.45, 2.75) is 32.0 Å². The van der Waals surface area contributed by atoms with E-state index in [1.165, 1.54) is 21.7 Å². The molecule has 0 saturated carbocycles. The fourth-order valence-corrected chi connectivity index (χ4v) is 2.99. The topological polar surface area (TPSA) is 112 Å². The highest BCUT2D eigenvalue weighted by Crippen LogP contribution is 2.24. The van der Waals surface area contributed by atoms with Gasteiger partial charge in [0.2, 0.25) is 5.91 Å². The Hall–Kier alpha value is -3.16. The maximum Gasteiger partial charge on any atom is 0.328 e. The molecule has 1 unspecified atom stereocenters. The van der Waals surface area contributed by atoms with Gasteiger partial charge in [0, 0.05) is 38.2 Å². The molecule has 8 heteroatoms. The van der Waals surface area contributed by atoms with Gasteiger partial charge in [0.1, 0.15) is 6.04 Å². The number of carbonyl (C=O) groups is 2. The predicted molar refractivity (Wildman–Crippen MR) is 88.1 cm³/mol.